The molecule has 1 aromatic heterocycles. The molecule has 7 heteroatoms. The predicted octanol–water partition coefficient (Wildman–Crippen LogP) is 4.03. The van der Waals surface area contributed by atoms with Gasteiger partial charge >= 0.3 is 0 Å². The molecule has 1 aromatic carbocycles. The number of hydrogen-bond acceptors (Lipinski definition) is 4. The molecule has 126 valence electrons. The Hall–Kier alpha value is -1.30. The SMILES string of the molecule is Cc1nc2c(s1)C(N(C)C(=O)c1cccc(N)c1)CCC2.Cl.Cl. The van der Waals surface area contributed by atoms with Crippen molar-refractivity contribution in [2.24, 2.45) is 0 Å². The normalized spacial score (nSPS) is 15.8. The number of halogens is 2. The van der Waals surface area contributed by atoms with Gasteiger partial charge in [0, 0.05) is 18.3 Å². The number of carbonyl (C=O) groups excluding carboxylic acids is 1. The first-order chi connectivity index (χ1) is 10.1. The van der Waals surface area contributed by atoms with E-state index in [1.54, 1.807) is 23.5 Å². The number of thiazole rings is 1. The largest absolute Gasteiger partial charge is 0.399 e. The first-order valence-electron chi connectivity index (χ1n) is 7.15. The number of nitrogens with two attached hydrogens (primary N) is 1. The molecule has 4 nitrogen and oxygen atoms in total. The second-order valence-electron chi connectivity index (χ2n) is 5.49. The molecule has 1 aliphatic carbocycles. The quantitative estimate of drug-likeness (QED) is 0.808. The molecule has 23 heavy (non-hydrogen) atoms. The molecule has 1 unspecified atom stereocenters. The van der Waals surface area contributed by atoms with Gasteiger partial charge in [-0.3, -0.25) is 4.79 Å². The molecule has 0 spiro atoms. The van der Waals surface area contributed by atoms with Gasteiger partial charge in [-0.15, -0.1) is 36.2 Å². The van der Waals surface area contributed by atoms with E-state index < -0.39 is 0 Å². The van der Waals surface area contributed by atoms with Crippen LogP contribution in [0.2, 0.25) is 0 Å². The van der Waals surface area contributed by atoms with E-state index in [2.05, 4.69) is 4.98 Å². The van der Waals surface area contributed by atoms with Gasteiger partial charge in [-0.1, -0.05) is 6.07 Å². The number of nitrogen functional groups attached to an aromatic ring is 1. The topological polar surface area (TPSA) is 59.2 Å². The summed E-state index contributed by atoms with van der Waals surface area (Å²) in [4.78, 5) is 20.3. The minimum atomic E-state index is 0. The third-order valence-electron chi connectivity index (χ3n) is 3.95. The van der Waals surface area contributed by atoms with Crippen LogP contribution < -0.4 is 5.73 Å². The lowest BCUT2D eigenvalue weighted by molar-refractivity contribution is 0.0718. The van der Waals surface area contributed by atoms with E-state index in [1.807, 2.05) is 31.0 Å². The maximum atomic E-state index is 12.7. The Morgan fingerprint density at radius 1 is 1.39 bits per heavy atom. The Balaban J connectivity index is 0.00000132. The van der Waals surface area contributed by atoms with Crippen molar-refractivity contribution in [2.75, 3.05) is 12.8 Å². The monoisotopic (exact) mass is 373 g/mol. The van der Waals surface area contributed by atoms with Crippen molar-refractivity contribution in [3.05, 3.63) is 45.4 Å². The molecule has 1 heterocycles. The van der Waals surface area contributed by atoms with Crippen LogP contribution in [0, 0.1) is 6.92 Å². The van der Waals surface area contributed by atoms with Crippen LogP contribution in [0.15, 0.2) is 24.3 Å². The zero-order valence-electron chi connectivity index (χ0n) is 13.1. The van der Waals surface area contributed by atoms with Crippen molar-refractivity contribution in [1.82, 2.24) is 9.88 Å². The van der Waals surface area contributed by atoms with Crippen molar-refractivity contribution in [3.63, 3.8) is 0 Å². The van der Waals surface area contributed by atoms with Crippen LogP contribution in [-0.4, -0.2) is 22.8 Å². The molecular formula is C16H21Cl2N3OS. The van der Waals surface area contributed by atoms with Gasteiger partial charge in [0.25, 0.3) is 5.91 Å². The number of hydrogen-bond donors (Lipinski definition) is 1. The average Bonchev–Trinajstić information content (AvgIpc) is 2.85. The number of carbonyl (C=O) groups is 1. The summed E-state index contributed by atoms with van der Waals surface area (Å²) in [5.41, 5.74) is 8.21. The first kappa shape index (κ1) is 19.7. The summed E-state index contributed by atoms with van der Waals surface area (Å²) in [6.45, 7) is 2.03. The minimum absolute atomic E-state index is 0. The molecule has 0 fully saturated rings. The zero-order valence-corrected chi connectivity index (χ0v) is 15.6. The fourth-order valence-electron chi connectivity index (χ4n) is 2.91. The molecule has 0 bridgehead atoms. The second kappa shape index (κ2) is 7.99. The number of aromatic nitrogens is 1. The average molecular weight is 374 g/mol. The molecular weight excluding hydrogens is 353 g/mol. The summed E-state index contributed by atoms with van der Waals surface area (Å²) < 4.78 is 0. The van der Waals surface area contributed by atoms with Crippen molar-refractivity contribution in [2.45, 2.75) is 32.2 Å². The van der Waals surface area contributed by atoms with Gasteiger partial charge in [0.1, 0.15) is 0 Å². The minimum Gasteiger partial charge on any atom is -0.399 e. The van der Waals surface area contributed by atoms with E-state index in [0.29, 0.717) is 11.3 Å². The summed E-state index contributed by atoms with van der Waals surface area (Å²) in [6, 6.07) is 7.30. The number of amides is 1. The predicted molar refractivity (Wildman–Crippen MR) is 100.0 cm³/mol. The third kappa shape index (κ3) is 3.97. The smallest absolute Gasteiger partial charge is 0.254 e. The fourth-order valence-corrected chi connectivity index (χ4v) is 4.06. The van der Waals surface area contributed by atoms with Crippen molar-refractivity contribution >= 4 is 47.7 Å². The Bertz CT molecular complexity index is 690. The molecule has 2 aromatic rings. The lowest BCUT2D eigenvalue weighted by atomic mass is 9.96. The molecule has 1 amide bonds. The second-order valence-corrected chi connectivity index (χ2v) is 6.73. The molecule has 0 saturated carbocycles. The third-order valence-corrected chi connectivity index (χ3v) is 5.06. The van der Waals surface area contributed by atoms with E-state index >= 15 is 0 Å². The lowest BCUT2D eigenvalue weighted by Gasteiger charge is -2.30. The van der Waals surface area contributed by atoms with Gasteiger partial charge in [-0.05, 0) is 44.4 Å². The molecule has 3 rings (SSSR count). The number of fused-ring (bicyclic) bond motifs is 1. The molecule has 1 atom stereocenters. The highest BCUT2D eigenvalue weighted by Crippen LogP contribution is 2.37. The summed E-state index contributed by atoms with van der Waals surface area (Å²) >= 11 is 1.71. The fraction of sp³-hybridized carbons (Fsp3) is 0.375. The van der Waals surface area contributed by atoms with Crippen LogP contribution in [0.5, 0.6) is 0 Å². The maximum absolute atomic E-state index is 12.7. The number of rotatable bonds is 2. The number of nitrogens with zero attached hydrogens (tertiary/aromatic N) is 2. The highest BCUT2D eigenvalue weighted by molar-refractivity contribution is 7.11. The van der Waals surface area contributed by atoms with Gasteiger partial charge < -0.3 is 10.6 Å². The van der Waals surface area contributed by atoms with Gasteiger partial charge in [0.2, 0.25) is 0 Å². The molecule has 0 radical (unpaired) electrons. The molecule has 0 aliphatic heterocycles. The van der Waals surface area contributed by atoms with Crippen LogP contribution in [0.3, 0.4) is 0 Å². The van der Waals surface area contributed by atoms with Crippen molar-refractivity contribution < 1.29 is 4.79 Å². The highest BCUT2D eigenvalue weighted by Gasteiger charge is 2.29. The van der Waals surface area contributed by atoms with Crippen LogP contribution in [0.1, 0.15) is 44.8 Å². The Labute approximate surface area is 152 Å². The van der Waals surface area contributed by atoms with E-state index in [1.165, 1.54) is 10.6 Å². The van der Waals surface area contributed by atoms with Crippen molar-refractivity contribution in [3.8, 4) is 0 Å². The first-order valence-corrected chi connectivity index (χ1v) is 7.97. The zero-order chi connectivity index (χ0) is 15.0. The van der Waals surface area contributed by atoms with E-state index in [9.17, 15) is 4.79 Å². The van der Waals surface area contributed by atoms with Gasteiger partial charge in [-0.2, -0.15) is 0 Å². The Kier molecular flexibility index (Phi) is 6.86. The van der Waals surface area contributed by atoms with Crippen LogP contribution in [0.4, 0.5) is 5.69 Å². The van der Waals surface area contributed by atoms with E-state index in [0.717, 1.165) is 24.3 Å². The lowest BCUT2D eigenvalue weighted by Crippen LogP contribution is -2.32. The Morgan fingerprint density at radius 3 is 2.83 bits per heavy atom. The summed E-state index contributed by atoms with van der Waals surface area (Å²) in [7, 11) is 1.88. The summed E-state index contributed by atoms with van der Waals surface area (Å²) in [5.74, 6) is 0.0196. The van der Waals surface area contributed by atoms with Gasteiger partial charge in [0.05, 0.1) is 21.6 Å². The van der Waals surface area contributed by atoms with Gasteiger partial charge in [-0.25, -0.2) is 4.98 Å². The van der Waals surface area contributed by atoms with E-state index in [4.69, 9.17) is 5.73 Å². The molecule has 0 saturated heterocycles. The summed E-state index contributed by atoms with van der Waals surface area (Å²) in [6.07, 6.45) is 3.10. The van der Waals surface area contributed by atoms with E-state index in [-0.39, 0.29) is 36.8 Å². The number of benzene rings is 1. The van der Waals surface area contributed by atoms with Crippen molar-refractivity contribution in [1.29, 1.82) is 0 Å². The van der Waals surface area contributed by atoms with Crippen LogP contribution >= 0.6 is 36.2 Å². The maximum Gasteiger partial charge on any atom is 0.254 e. The molecule has 1 aliphatic rings. The Morgan fingerprint density at radius 2 is 2.13 bits per heavy atom. The van der Waals surface area contributed by atoms with Crippen LogP contribution in [0.25, 0.3) is 0 Å². The number of anilines is 1. The summed E-state index contributed by atoms with van der Waals surface area (Å²) in [5, 5.41) is 1.08. The number of aryl methyl sites for hydroxylation is 2. The standard InChI is InChI=1S/C16H19N3OS.2ClH/c1-10-18-13-7-4-8-14(15(13)21-10)19(2)16(20)11-5-3-6-12(17)9-11;;/h3,5-6,9,14H,4,7-8,17H2,1-2H3;2*1H. The highest BCUT2D eigenvalue weighted by atomic mass is 35.5. The molecule has 2 N–H and O–H groups in total. The van der Waals surface area contributed by atoms with Crippen LogP contribution in [-0.2, 0) is 6.42 Å². The van der Waals surface area contributed by atoms with Gasteiger partial charge in [0.15, 0.2) is 0 Å².